The summed E-state index contributed by atoms with van der Waals surface area (Å²) in [5.41, 5.74) is 0.533. The summed E-state index contributed by atoms with van der Waals surface area (Å²) in [4.78, 5) is 11.1. The van der Waals surface area contributed by atoms with Crippen LogP contribution in [-0.2, 0) is 10.9 Å². The van der Waals surface area contributed by atoms with Crippen molar-refractivity contribution in [1.29, 1.82) is 0 Å². The van der Waals surface area contributed by atoms with Gasteiger partial charge in [0, 0.05) is 37.7 Å². The molecule has 2 aliphatic heterocycles. The third-order valence-electron chi connectivity index (χ3n) is 7.84. The number of aromatic amines is 1. The van der Waals surface area contributed by atoms with E-state index in [1.807, 2.05) is 6.07 Å². The first-order valence-electron chi connectivity index (χ1n) is 13.2. The highest BCUT2D eigenvalue weighted by molar-refractivity contribution is 5.75. The second kappa shape index (κ2) is 10.6. The van der Waals surface area contributed by atoms with E-state index in [4.69, 9.17) is 9.47 Å². The lowest BCUT2D eigenvalue weighted by atomic mass is 9.89. The Bertz CT molecular complexity index is 1420. The van der Waals surface area contributed by atoms with Crippen LogP contribution < -0.4 is 4.74 Å². The molecule has 0 aliphatic carbocycles. The molecule has 0 amide bonds. The smallest absolute Gasteiger partial charge is 0.420 e. The highest BCUT2D eigenvalue weighted by Crippen LogP contribution is 2.42. The number of piperidine rings is 1. The predicted octanol–water partition coefficient (Wildman–Crippen LogP) is 4.81. The van der Waals surface area contributed by atoms with Gasteiger partial charge in [-0.2, -0.15) is 23.4 Å². The topological polar surface area (TPSA) is 93.5 Å². The van der Waals surface area contributed by atoms with Crippen LogP contribution >= 0.6 is 0 Å². The number of hydrogen-bond acceptors (Lipinski definition) is 7. The molecule has 2 aliphatic rings. The third-order valence-corrected chi connectivity index (χ3v) is 7.84. The van der Waals surface area contributed by atoms with E-state index in [1.54, 1.807) is 12.3 Å². The van der Waals surface area contributed by atoms with Gasteiger partial charge in [0.05, 0.1) is 18.5 Å². The van der Waals surface area contributed by atoms with Gasteiger partial charge in [0.2, 0.25) is 0 Å². The van der Waals surface area contributed by atoms with Gasteiger partial charge < -0.3 is 14.4 Å². The zero-order valence-electron chi connectivity index (χ0n) is 21.6. The molecule has 0 spiro atoms. The molecule has 4 aromatic heterocycles. The van der Waals surface area contributed by atoms with Crippen LogP contribution in [-0.4, -0.2) is 74.6 Å². The van der Waals surface area contributed by atoms with Crippen LogP contribution in [0.5, 0.6) is 5.75 Å². The number of nitrogens with zero attached hydrogens (tertiary/aromatic N) is 6. The molecule has 39 heavy (non-hydrogen) atoms. The fourth-order valence-corrected chi connectivity index (χ4v) is 5.73. The molecule has 2 saturated heterocycles. The summed E-state index contributed by atoms with van der Waals surface area (Å²) >= 11 is 0. The quantitative estimate of drug-likeness (QED) is 0.374. The summed E-state index contributed by atoms with van der Waals surface area (Å²) in [5, 5.41) is 10.7. The second-order valence-electron chi connectivity index (χ2n) is 10.3. The van der Waals surface area contributed by atoms with Gasteiger partial charge in [-0.15, -0.1) is 0 Å². The summed E-state index contributed by atoms with van der Waals surface area (Å²) in [6, 6.07) is 5.02. The van der Waals surface area contributed by atoms with Crippen LogP contribution in [0, 0.1) is 5.92 Å². The molecule has 0 bridgehead atoms. The first-order valence-corrected chi connectivity index (χ1v) is 13.2. The monoisotopic (exact) mass is 541 g/mol. The number of H-pyrrole nitrogens is 1. The van der Waals surface area contributed by atoms with Crippen molar-refractivity contribution in [3.63, 3.8) is 0 Å². The molecule has 206 valence electrons. The van der Waals surface area contributed by atoms with Gasteiger partial charge in [-0.3, -0.25) is 10.1 Å². The largest absolute Gasteiger partial charge is 0.493 e. The number of fused-ring (bicyclic) bond motifs is 1. The number of likely N-dealkylation sites (tertiary alicyclic amines) is 1. The number of halogens is 3. The van der Waals surface area contributed by atoms with Gasteiger partial charge >= 0.3 is 6.18 Å². The molecule has 12 heteroatoms. The zero-order chi connectivity index (χ0) is 27.0. The normalized spacial score (nSPS) is 18.2. The highest BCUT2D eigenvalue weighted by atomic mass is 19.4. The Kier molecular flexibility index (Phi) is 6.98. The number of ether oxygens (including phenoxy) is 2. The van der Waals surface area contributed by atoms with E-state index in [0.29, 0.717) is 23.2 Å². The van der Waals surface area contributed by atoms with Gasteiger partial charge in [0.1, 0.15) is 17.6 Å². The molecule has 0 saturated carbocycles. The van der Waals surface area contributed by atoms with Crippen LogP contribution in [0.4, 0.5) is 13.2 Å². The maximum atomic E-state index is 14.4. The Hall–Kier alpha value is -3.51. The molecule has 6 rings (SSSR count). The first-order chi connectivity index (χ1) is 18.9. The SMILES string of the molecule is COc1cc(-c2n[nH]c(-c3ccc(C4CCN(CC5CCOCC5)CC4)cn3)c2C(F)(F)F)cn2ncnc12. The van der Waals surface area contributed by atoms with Crippen molar-refractivity contribution < 1.29 is 22.6 Å². The van der Waals surface area contributed by atoms with Crippen molar-refractivity contribution in [1.82, 2.24) is 34.7 Å². The van der Waals surface area contributed by atoms with E-state index in [2.05, 4.69) is 30.2 Å². The maximum Gasteiger partial charge on any atom is 0.420 e. The van der Waals surface area contributed by atoms with Crippen molar-refractivity contribution in [2.75, 3.05) is 40.0 Å². The predicted molar refractivity (Wildman–Crippen MR) is 137 cm³/mol. The van der Waals surface area contributed by atoms with Gasteiger partial charge in [0.25, 0.3) is 0 Å². The molecule has 0 atom stereocenters. The highest BCUT2D eigenvalue weighted by Gasteiger charge is 2.40. The van der Waals surface area contributed by atoms with Crippen LogP contribution in [0.15, 0.2) is 36.9 Å². The van der Waals surface area contributed by atoms with Crippen molar-refractivity contribution in [2.45, 2.75) is 37.8 Å². The second-order valence-corrected chi connectivity index (χ2v) is 10.3. The lowest BCUT2D eigenvalue weighted by Crippen LogP contribution is -2.38. The summed E-state index contributed by atoms with van der Waals surface area (Å²) in [6.45, 7) is 4.87. The lowest BCUT2D eigenvalue weighted by Gasteiger charge is -2.35. The van der Waals surface area contributed by atoms with E-state index < -0.39 is 11.7 Å². The minimum absolute atomic E-state index is 0.173. The Morgan fingerprint density at radius 3 is 2.59 bits per heavy atom. The number of rotatable bonds is 6. The van der Waals surface area contributed by atoms with Crippen molar-refractivity contribution in [2.24, 2.45) is 5.92 Å². The average Bonchev–Trinajstić information content (AvgIpc) is 3.61. The van der Waals surface area contributed by atoms with Gasteiger partial charge in [-0.1, -0.05) is 6.07 Å². The molecule has 2 fully saturated rings. The van der Waals surface area contributed by atoms with Crippen LogP contribution in [0.1, 0.15) is 42.7 Å². The Morgan fingerprint density at radius 1 is 1.10 bits per heavy atom. The molecule has 1 N–H and O–H groups in total. The van der Waals surface area contributed by atoms with E-state index >= 15 is 0 Å². The van der Waals surface area contributed by atoms with Crippen molar-refractivity contribution in [3.8, 4) is 28.4 Å². The third kappa shape index (κ3) is 5.22. The number of nitrogens with one attached hydrogen (secondary N) is 1. The summed E-state index contributed by atoms with van der Waals surface area (Å²) in [7, 11) is 1.43. The Morgan fingerprint density at radius 2 is 1.90 bits per heavy atom. The molecule has 0 radical (unpaired) electrons. The number of hydrogen-bond donors (Lipinski definition) is 1. The molecule has 6 heterocycles. The van der Waals surface area contributed by atoms with E-state index in [1.165, 1.54) is 30.2 Å². The van der Waals surface area contributed by atoms with Crippen molar-refractivity contribution in [3.05, 3.63) is 48.0 Å². The number of alkyl halides is 3. The molecule has 4 aromatic rings. The fourth-order valence-electron chi connectivity index (χ4n) is 5.73. The fraction of sp³-hybridized carbons (Fsp3) is 0.481. The molecular formula is C27H30F3N7O2. The minimum Gasteiger partial charge on any atom is -0.493 e. The van der Waals surface area contributed by atoms with E-state index in [-0.39, 0.29) is 22.6 Å². The number of methoxy groups -OCH3 is 1. The number of pyridine rings is 2. The molecule has 9 nitrogen and oxygen atoms in total. The first kappa shape index (κ1) is 25.8. The molecule has 0 unspecified atom stereocenters. The minimum atomic E-state index is -4.67. The van der Waals surface area contributed by atoms with Gasteiger partial charge in [-0.05, 0) is 68.3 Å². The Balaban J connectivity index is 1.22. The van der Waals surface area contributed by atoms with Crippen LogP contribution in [0.2, 0.25) is 0 Å². The molecule has 0 aromatic carbocycles. The van der Waals surface area contributed by atoms with Crippen LogP contribution in [0.3, 0.4) is 0 Å². The lowest BCUT2D eigenvalue weighted by molar-refractivity contribution is -0.136. The van der Waals surface area contributed by atoms with E-state index in [9.17, 15) is 13.2 Å². The average molecular weight is 542 g/mol. The van der Waals surface area contributed by atoms with Crippen LogP contribution in [0.25, 0.3) is 28.3 Å². The number of aromatic nitrogens is 6. The summed E-state index contributed by atoms with van der Waals surface area (Å²) in [5.74, 6) is 1.35. The zero-order valence-corrected chi connectivity index (χ0v) is 21.6. The van der Waals surface area contributed by atoms with Crippen molar-refractivity contribution >= 4 is 5.65 Å². The standard InChI is InChI=1S/C27H30F3N7O2/c1-38-22-12-20(15-37-26(22)32-16-33-37)24-23(27(28,29)30)25(35-34-24)21-3-2-19(13-31-21)18-4-8-36(9-5-18)14-17-6-10-39-11-7-17/h2-3,12-13,15-18H,4-11,14H2,1H3,(H,34,35). The van der Waals surface area contributed by atoms with Gasteiger partial charge in [-0.25, -0.2) is 9.50 Å². The molecular weight excluding hydrogens is 511 g/mol. The maximum absolute atomic E-state index is 14.4. The van der Waals surface area contributed by atoms with Gasteiger partial charge in [0.15, 0.2) is 11.4 Å². The summed E-state index contributed by atoms with van der Waals surface area (Å²) < 4.78 is 55.2. The summed E-state index contributed by atoms with van der Waals surface area (Å²) in [6.07, 6.45) is 4.08. The van der Waals surface area contributed by atoms with E-state index in [0.717, 1.165) is 64.1 Å². The Labute approximate surface area is 223 Å².